The highest BCUT2D eigenvalue weighted by Gasteiger charge is 2.22. The van der Waals surface area contributed by atoms with Crippen LogP contribution in [0.4, 0.5) is 0 Å². The van der Waals surface area contributed by atoms with Crippen LogP contribution >= 0.6 is 0 Å². The van der Waals surface area contributed by atoms with E-state index in [1.54, 1.807) is 7.11 Å². The first kappa shape index (κ1) is 49.9. The number of nitrogens with zero attached hydrogens (tertiary/aromatic N) is 1. The SMILES string of the molecule is COCCOCCOCCOCCOCCOCCOCCOCCOCCOCCOCCOCCNC(=O)CCCCCCCN1C(=O)C=CC1=O. The van der Waals surface area contributed by atoms with Crippen LogP contribution in [0.3, 0.4) is 0 Å². The van der Waals surface area contributed by atoms with Gasteiger partial charge in [0.15, 0.2) is 0 Å². The first-order valence-corrected chi connectivity index (χ1v) is 19.3. The van der Waals surface area contributed by atoms with Crippen LogP contribution in [-0.4, -0.2) is 195 Å². The fourth-order valence-corrected chi connectivity index (χ4v) is 4.53. The van der Waals surface area contributed by atoms with Gasteiger partial charge in [0.05, 0.1) is 152 Å². The van der Waals surface area contributed by atoms with E-state index in [1.807, 2.05) is 0 Å². The van der Waals surface area contributed by atoms with Gasteiger partial charge in [0.1, 0.15) is 0 Å². The third-order valence-electron chi connectivity index (χ3n) is 7.41. The summed E-state index contributed by atoms with van der Waals surface area (Å²) in [5.41, 5.74) is 0. The monoisotopic (exact) mass is 780 g/mol. The summed E-state index contributed by atoms with van der Waals surface area (Å²) in [6.45, 7) is 12.4. The summed E-state index contributed by atoms with van der Waals surface area (Å²) in [5, 5.41) is 2.85. The van der Waals surface area contributed by atoms with Crippen LogP contribution < -0.4 is 5.32 Å². The van der Waals surface area contributed by atoms with Gasteiger partial charge in [-0.05, 0) is 12.8 Å². The maximum atomic E-state index is 11.9. The van der Waals surface area contributed by atoms with Gasteiger partial charge >= 0.3 is 0 Å². The molecule has 0 aliphatic carbocycles. The number of carbonyl (C=O) groups excluding carboxylic acids is 3. The van der Waals surface area contributed by atoms with Gasteiger partial charge in [-0.1, -0.05) is 19.3 Å². The molecule has 0 spiro atoms. The number of nitrogens with one attached hydrogen (secondary N) is 1. The fourth-order valence-electron chi connectivity index (χ4n) is 4.53. The fraction of sp³-hybridized carbons (Fsp3) is 0.865. The van der Waals surface area contributed by atoms with Crippen LogP contribution in [0.2, 0.25) is 0 Å². The average molecular weight is 781 g/mol. The number of imide groups is 1. The Balaban J connectivity index is 1.64. The lowest BCUT2D eigenvalue weighted by Gasteiger charge is -2.13. The van der Waals surface area contributed by atoms with Crippen LogP contribution in [0.15, 0.2) is 12.2 Å². The molecule has 0 unspecified atom stereocenters. The second kappa shape index (κ2) is 40.5. The van der Waals surface area contributed by atoms with Crippen molar-refractivity contribution in [2.45, 2.75) is 38.5 Å². The van der Waals surface area contributed by atoms with E-state index in [2.05, 4.69) is 5.32 Å². The molecule has 17 heteroatoms. The second-order valence-corrected chi connectivity index (χ2v) is 11.8. The summed E-state index contributed by atoms with van der Waals surface area (Å²) in [6, 6.07) is 0. The molecule has 0 bridgehead atoms. The second-order valence-electron chi connectivity index (χ2n) is 11.8. The topological polar surface area (TPSA) is 177 Å². The molecule has 1 aliphatic heterocycles. The summed E-state index contributed by atoms with van der Waals surface area (Å²) in [5.74, 6) is -0.457. The average Bonchev–Trinajstić information content (AvgIpc) is 3.49. The maximum absolute atomic E-state index is 11.9. The van der Waals surface area contributed by atoms with Crippen molar-refractivity contribution in [3.63, 3.8) is 0 Å². The predicted molar refractivity (Wildman–Crippen MR) is 197 cm³/mol. The Morgan fingerprint density at radius 1 is 0.444 bits per heavy atom. The summed E-state index contributed by atoms with van der Waals surface area (Å²) >= 11 is 0. The van der Waals surface area contributed by atoms with Crippen LogP contribution in [-0.2, 0) is 71.2 Å². The Hall–Kier alpha value is -2.13. The molecule has 0 aromatic carbocycles. The van der Waals surface area contributed by atoms with Crippen LogP contribution in [0.5, 0.6) is 0 Å². The lowest BCUT2D eigenvalue weighted by molar-refractivity contribution is -0.136. The van der Waals surface area contributed by atoms with Crippen molar-refractivity contribution in [1.82, 2.24) is 10.2 Å². The lowest BCUT2D eigenvalue weighted by Crippen LogP contribution is -2.30. The zero-order chi connectivity index (χ0) is 38.8. The molecule has 1 aliphatic rings. The molecule has 0 fully saturated rings. The normalized spacial score (nSPS) is 12.8. The minimum atomic E-state index is -0.235. The molecule has 17 nitrogen and oxygen atoms in total. The zero-order valence-electron chi connectivity index (χ0n) is 32.6. The maximum Gasteiger partial charge on any atom is 0.253 e. The van der Waals surface area contributed by atoms with Crippen molar-refractivity contribution >= 4 is 17.7 Å². The van der Waals surface area contributed by atoms with Crippen molar-refractivity contribution in [1.29, 1.82) is 0 Å². The highest BCUT2D eigenvalue weighted by molar-refractivity contribution is 6.12. The molecule has 316 valence electrons. The third-order valence-corrected chi connectivity index (χ3v) is 7.41. The largest absolute Gasteiger partial charge is 0.382 e. The molecule has 1 heterocycles. The first-order chi connectivity index (χ1) is 26.6. The van der Waals surface area contributed by atoms with E-state index >= 15 is 0 Å². The molecule has 0 aromatic rings. The van der Waals surface area contributed by atoms with Gasteiger partial charge < -0.3 is 62.2 Å². The van der Waals surface area contributed by atoms with E-state index in [0.29, 0.717) is 171 Å². The van der Waals surface area contributed by atoms with Gasteiger partial charge in [0.2, 0.25) is 5.91 Å². The van der Waals surface area contributed by atoms with Crippen LogP contribution in [0, 0.1) is 0 Å². The number of ether oxygens (including phenoxy) is 12. The molecular formula is C37H68N2O15. The van der Waals surface area contributed by atoms with E-state index in [4.69, 9.17) is 56.8 Å². The molecule has 0 saturated heterocycles. The van der Waals surface area contributed by atoms with E-state index in [-0.39, 0.29) is 17.7 Å². The molecule has 0 aromatic heterocycles. The standard InChI is InChI=1S/C37H68N2O15/c1-43-13-14-45-17-18-47-21-22-49-25-26-51-29-30-53-33-34-54-32-31-52-28-27-50-24-23-48-20-19-46-16-15-44-12-10-38-35(40)7-5-3-2-4-6-11-39-36(41)8-9-37(39)42/h8-9H,2-7,10-34H2,1H3,(H,38,40). The smallest absolute Gasteiger partial charge is 0.253 e. The van der Waals surface area contributed by atoms with Crippen LogP contribution in [0.25, 0.3) is 0 Å². The lowest BCUT2D eigenvalue weighted by atomic mass is 10.1. The molecule has 54 heavy (non-hydrogen) atoms. The first-order valence-electron chi connectivity index (χ1n) is 19.3. The Bertz CT molecular complexity index is 882. The summed E-state index contributed by atoms with van der Waals surface area (Å²) < 4.78 is 64.9. The van der Waals surface area contributed by atoms with Gasteiger partial charge in [-0.15, -0.1) is 0 Å². The van der Waals surface area contributed by atoms with E-state index in [1.165, 1.54) is 17.1 Å². The van der Waals surface area contributed by atoms with E-state index in [9.17, 15) is 14.4 Å². The highest BCUT2D eigenvalue weighted by Crippen LogP contribution is 2.09. The molecule has 0 radical (unpaired) electrons. The molecule has 1 N–H and O–H groups in total. The minimum absolute atomic E-state index is 0.0124. The van der Waals surface area contributed by atoms with Crippen molar-refractivity contribution in [2.24, 2.45) is 0 Å². The van der Waals surface area contributed by atoms with Crippen molar-refractivity contribution < 1.29 is 71.2 Å². The summed E-state index contributed by atoms with van der Waals surface area (Å²) in [4.78, 5) is 36.2. The molecule has 3 amide bonds. The highest BCUT2D eigenvalue weighted by atomic mass is 16.6. The molecule has 0 atom stereocenters. The minimum Gasteiger partial charge on any atom is -0.382 e. The predicted octanol–water partition coefficient (Wildman–Crippen LogP) is 1.20. The Labute approximate surface area is 321 Å². The number of unbranched alkanes of at least 4 members (excludes halogenated alkanes) is 4. The number of hydrogen-bond acceptors (Lipinski definition) is 15. The van der Waals surface area contributed by atoms with Gasteiger partial charge in [-0.3, -0.25) is 19.3 Å². The Morgan fingerprint density at radius 2 is 0.741 bits per heavy atom. The number of carbonyl (C=O) groups is 3. The number of amides is 3. The van der Waals surface area contributed by atoms with Crippen LogP contribution in [0.1, 0.15) is 38.5 Å². The summed E-state index contributed by atoms with van der Waals surface area (Å²) in [6.07, 6.45) is 7.50. The van der Waals surface area contributed by atoms with Crippen molar-refractivity contribution in [2.75, 3.05) is 172 Å². The van der Waals surface area contributed by atoms with E-state index < -0.39 is 0 Å². The van der Waals surface area contributed by atoms with Gasteiger partial charge in [0, 0.05) is 38.8 Å². The van der Waals surface area contributed by atoms with Gasteiger partial charge in [-0.25, -0.2) is 0 Å². The van der Waals surface area contributed by atoms with Crippen molar-refractivity contribution in [3.8, 4) is 0 Å². The number of hydrogen-bond donors (Lipinski definition) is 1. The number of rotatable bonds is 44. The Kier molecular flexibility index (Phi) is 37.4. The quantitative estimate of drug-likeness (QED) is 0.0689. The van der Waals surface area contributed by atoms with E-state index in [0.717, 1.165) is 32.1 Å². The number of methoxy groups -OCH3 is 1. The zero-order valence-corrected chi connectivity index (χ0v) is 32.6. The Morgan fingerprint density at radius 3 is 1.09 bits per heavy atom. The van der Waals surface area contributed by atoms with Crippen molar-refractivity contribution in [3.05, 3.63) is 12.2 Å². The van der Waals surface area contributed by atoms with Gasteiger partial charge in [-0.2, -0.15) is 0 Å². The molecule has 1 rings (SSSR count). The van der Waals surface area contributed by atoms with Gasteiger partial charge in [0.25, 0.3) is 11.8 Å². The third kappa shape index (κ3) is 34.4. The molecule has 0 saturated carbocycles. The molecular weight excluding hydrogens is 712 g/mol. The summed E-state index contributed by atoms with van der Waals surface area (Å²) in [7, 11) is 1.64.